The van der Waals surface area contributed by atoms with E-state index in [0.717, 1.165) is 28.4 Å². The molecule has 20 heavy (non-hydrogen) atoms. The first kappa shape index (κ1) is 14.5. The van der Waals surface area contributed by atoms with Crippen LogP contribution in [0.25, 0.3) is 0 Å². The zero-order chi connectivity index (χ0) is 14.7. The summed E-state index contributed by atoms with van der Waals surface area (Å²) in [6.07, 6.45) is 1.86. The molecule has 5 heteroatoms. The summed E-state index contributed by atoms with van der Waals surface area (Å²) >= 11 is 0. The second-order valence-corrected chi connectivity index (χ2v) is 7.46. The Bertz CT molecular complexity index is 612. The summed E-state index contributed by atoms with van der Waals surface area (Å²) in [5.74, 6) is 0.869. The highest BCUT2D eigenvalue weighted by atomic mass is 28.3. The summed E-state index contributed by atoms with van der Waals surface area (Å²) in [7, 11) is 0.797. The Morgan fingerprint density at radius 2 is 2.00 bits per heavy atom. The summed E-state index contributed by atoms with van der Waals surface area (Å²) in [5.41, 5.74) is 4.02. The molecule has 0 saturated heterocycles. The van der Waals surface area contributed by atoms with Crippen molar-refractivity contribution in [1.82, 2.24) is 9.78 Å². The predicted octanol–water partition coefficient (Wildman–Crippen LogP) is 3.23. The Morgan fingerprint density at radius 1 is 1.30 bits per heavy atom. The molecule has 0 saturated carbocycles. The van der Waals surface area contributed by atoms with Gasteiger partial charge >= 0.3 is 0 Å². The molecule has 0 bridgehead atoms. The highest BCUT2D eigenvalue weighted by Crippen LogP contribution is 2.28. The van der Waals surface area contributed by atoms with Crippen molar-refractivity contribution in [3.63, 3.8) is 0 Å². The van der Waals surface area contributed by atoms with Crippen LogP contribution in [0, 0.1) is 6.92 Å². The largest absolute Gasteiger partial charge is 0.546 e. The third kappa shape index (κ3) is 3.16. The second-order valence-electron chi connectivity index (χ2n) is 5.13. The van der Waals surface area contributed by atoms with Crippen molar-refractivity contribution in [3.05, 3.63) is 41.7 Å². The van der Waals surface area contributed by atoms with Gasteiger partial charge in [-0.25, -0.2) is 4.99 Å². The first-order chi connectivity index (χ1) is 9.49. The van der Waals surface area contributed by atoms with Crippen LogP contribution >= 0.6 is 0 Å². The van der Waals surface area contributed by atoms with Gasteiger partial charge in [0.2, 0.25) is 9.04 Å². The molecule has 0 aliphatic rings. The van der Waals surface area contributed by atoms with E-state index in [1.807, 2.05) is 56.0 Å². The lowest BCUT2D eigenvalue weighted by molar-refractivity contribution is 0.582. The molecule has 1 aromatic heterocycles. The van der Waals surface area contributed by atoms with E-state index in [1.54, 1.807) is 0 Å². The Labute approximate surface area is 121 Å². The predicted molar refractivity (Wildman–Crippen MR) is 85.8 cm³/mol. The van der Waals surface area contributed by atoms with Crippen LogP contribution in [0.15, 0.2) is 35.5 Å². The van der Waals surface area contributed by atoms with Gasteiger partial charge in [-0.3, -0.25) is 4.68 Å². The normalized spacial score (nSPS) is 12.0. The Balaban J connectivity index is 2.40. The zero-order valence-electron chi connectivity index (χ0n) is 12.7. The zero-order valence-corrected chi connectivity index (χ0v) is 13.9. The Kier molecular flexibility index (Phi) is 4.39. The van der Waals surface area contributed by atoms with Crippen LogP contribution in [0.1, 0.15) is 18.2 Å². The number of nitrogens with zero attached hydrogens (tertiary/aromatic N) is 3. The van der Waals surface area contributed by atoms with Gasteiger partial charge in [-0.1, -0.05) is 12.1 Å². The van der Waals surface area contributed by atoms with E-state index in [4.69, 9.17) is 9.42 Å². The number of hydrogen-bond acceptors (Lipinski definition) is 3. The summed E-state index contributed by atoms with van der Waals surface area (Å²) in [5, 5.41) is 4.26. The Morgan fingerprint density at radius 3 is 2.60 bits per heavy atom. The molecule has 0 spiro atoms. The van der Waals surface area contributed by atoms with Crippen LogP contribution in [-0.2, 0) is 7.05 Å². The van der Waals surface area contributed by atoms with Crippen LogP contribution in [0.5, 0.6) is 5.75 Å². The molecule has 4 nitrogen and oxygen atoms in total. The number of aryl methyl sites for hydroxylation is 2. The van der Waals surface area contributed by atoms with E-state index >= 15 is 0 Å². The number of benzene rings is 1. The maximum atomic E-state index is 5.93. The van der Waals surface area contributed by atoms with E-state index < -0.39 is 9.04 Å². The molecular formula is C15H21N3OSi. The molecule has 0 radical (unpaired) electrons. The second kappa shape index (κ2) is 6.05. The third-order valence-corrected chi connectivity index (χ3v) is 3.71. The topological polar surface area (TPSA) is 39.4 Å². The number of para-hydroxylation sites is 2. The van der Waals surface area contributed by atoms with E-state index in [0.29, 0.717) is 0 Å². The molecule has 0 aliphatic heterocycles. The van der Waals surface area contributed by atoms with Crippen molar-refractivity contribution in [2.75, 3.05) is 0 Å². The van der Waals surface area contributed by atoms with Gasteiger partial charge in [-0.15, -0.1) is 0 Å². The number of hydrogen-bond donors (Lipinski definition) is 0. The summed E-state index contributed by atoms with van der Waals surface area (Å²) < 4.78 is 7.79. The molecule has 0 atom stereocenters. The lowest BCUT2D eigenvalue weighted by Crippen LogP contribution is -2.11. The molecule has 2 aromatic rings. The van der Waals surface area contributed by atoms with E-state index in [-0.39, 0.29) is 0 Å². The highest BCUT2D eigenvalue weighted by molar-refractivity contribution is 6.49. The maximum Gasteiger partial charge on any atom is 0.229 e. The van der Waals surface area contributed by atoms with Gasteiger partial charge in [0.25, 0.3) is 0 Å². The fourth-order valence-electron chi connectivity index (χ4n) is 2.20. The molecule has 0 fully saturated rings. The quantitative estimate of drug-likeness (QED) is 0.640. The average Bonchev–Trinajstić information content (AvgIpc) is 2.71. The highest BCUT2D eigenvalue weighted by Gasteiger charge is 2.10. The van der Waals surface area contributed by atoms with E-state index in [9.17, 15) is 0 Å². The minimum Gasteiger partial charge on any atom is -0.546 e. The standard InChI is InChI=1S/C15H21N3OSi/c1-11-10-16-18(3)15(11)12(2)17-13-8-6-7-9-14(13)19-20(4)5/h6-10,20H,1-5H3. The SMILES string of the molecule is CC(=Nc1ccccc1O[SiH](C)C)c1c(C)cnn1C. The molecule has 2 rings (SSSR count). The van der Waals surface area contributed by atoms with Gasteiger partial charge in [0.15, 0.2) is 0 Å². The van der Waals surface area contributed by atoms with E-state index in [1.165, 1.54) is 0 Å². The summed E-state index contributed by atoms with van der Waals surface area (Å²) in [6, 6.07) is 7.93. The van der Waals surface area contributed by atoms with Gasteiger partial charge in [-0.05, 0) is 44.6 Å². The summed E-state index contributed by atoms with van der Waals surface area (Å²) in [6.45, 7) is 8.36. The van der Waals surface area contributed by atoms with Crippen molar-refractivity contribution >= 4 is 20.4 Å². The van der Waals surface area contributed by atoms with Crippen LogP contribution in [0.2, 0.25) is 13.1 Å². The first-order valence-electron chi connectivity index (χ1n) is 6.79. The molecule has 1 heterocycles. The van der Waals surface area contributed by atoms with Crippen molar-refractivity contribution in [1.29, 1.82) is 0 Å². The number of aliphatic imine (C=N–C) groups is 1. The number of rotatable bonds is 4. The lowest BCUT2D eigenvalue weighted by Gasteiger charge is -2.12. The van der Waals surface area contributed by atoms with Gasteiger partial charge in [-0.2, -0.15) is 5.10 Å². The number of aromatic nitrogens is 2. The molecule has 1 aromatic carbocycles. The molecule has 0 aliphatic carbocycles. The van der Waals surface area contributed by atoms with Crippen molar-refractivity contribution in [3.8, 4) is 5.75 Å². The van der Waals surface area contributed by atoms with Crippen molar-refractivity contribution < 1.29 is 4.43 Å². The van der Waals surface area contributed by atoms with Crippen LogP contribution in [0.3, 0.4) is 0 Å². The van der Waals surface area contributed by atoms with Gasteiger partial charge in [0.05, 0.1) is 17.6 Å². The summed E-state index contributed by atoms with van der Waals surface area (Å²) in [4.78, 5) is 4.73. The Hall–Kier alpha value is -1.88. The van der Waals surface area contributed by atoms with Gasteiger partial charge in [0, 0.05) is 7.05 Å². The van der Waals surface area contributed by atoms with E-state index in [2.05, 4.69) is 18.2 Å². The maximum absolute atomic E-state index is 5.93. The molecule has 0 unspecified atom stereocenters. The minimum absolute atomic E-state index is 0.869. The minimum atomic E-state index is -1.14. The molecule has 106 valence electrons. The van der Waals surface area contributed by atoms with Crippen LogP contribution in [-0.4, -0.2) is 24.5 Å². The van der Waals surface area contributed by atoms with Gasteiger partial charge in [0.1, 0.15) is 11.4 Å². The van der Waals surface area contributed by atoms with Gasteiger partial charge < -0.3 is 4.43 Å². The monoisotopic (exact) mass is 287 g/mol. The smallest absolute Gasteiger partial charge is 0.229 e. The lowest BCUT2D eigenvalue weighted by atomic mass is 10.2. The fraction of sp³-hybridized carbons (Fsp3) is 0.333. The molecular weight excluding hydrogens is 266 g/mol. The van der Waals surface area contributed by atoms with Crippen LogP contribution < -0.4 is 4.43 Å². The van der Waals surface area contributed by atoms with Crippen LogP contribution in [0.4, 0.5) is 5.69 Å². The van der Waals surface area contributed by atoms with Crippen molar-refractivity contribution in [2.45, 2.75) is 26.9 Å². The first-order valence-corrected chi connectivity index (χ1v) is 9.57. The molecule has 0 amide bonds. The third-order valence-electron chi connectivity index (χ3n) is 2.98. The average molecular weight is 287 g/mol. The van der Waals surface area contributed by atoms with Crippen molar-refractivity contribution in [2.24, 2.45) is 12.0 Å². The molecule has 0 N–H and O–H groups in total. The fourth-order valence-corrected chi connectivity index (χ4v) is 2.91.